The first kappa shape index (κ1) is 31.7. The highest BCUT2D eigenvalue weighted by Gasteiger charge is 2.43. The summed E-state index contributed by atoms with van der Waals surface area (Å²) in [7, 11) is 0. The Morgan fingerprint density at radius 3 is 1.90 bits per heavy atom. The zero-order valence-electron chi connectivity index (χ0n) is 28.8. The van der Waals surface area contributed by atoms with Crippen LogP contribution in [0, 0.1) is 12.8 Å². The van der Waals surface area contributed by atoms with Gasteiger partial charge in [0.15, 0.2) is 0 Å². The van der Waals surface area contributed by atoms with E-state index in [-0.39, 0.29) is 11.8 Å². The summed E-state index contributed by atoms with van der Waals surface area (Å²) >= 11 is 3.87. The molecule has 246 valence electrons. The third kappa shape index (κ3) is 5.71. The standard InChI is InChI=1S/C50H39Br/c1-33-25-28-41-40-29-26-38(51)27-30-43(40)50-48(37-21-12-5-13-22-37)46(32-44(49(50)45(41)31-33)35-17-8-3-9-18-35)42-24-14-23-39(34-15-6-2-7-16-34)47(42)36-19-10-4-11-20-36/h2-13,15-23,25-29,31-32,49-50H,14,24,30H2,1H3. The summed E-state index contributed by atoms with van der Waals surface area (Å²) in [4.78, 5) is 0. The molecule has 1 heteroatoms. The lowest BCUT2D eigenvalue weighted by atomic mass is 9.59. The monoisotopic (exact) mass is 718 g/mol. The van der Waals surface area contributed by atoms with Gasteiger partial charge in [0.05, 0.1) is 0 Å². The van der Waals surface area contributed by atoms with Crippen LogP contribution in [-0.4, -0.2) is 0 Å². The first-order valence-corrected chi connectivity index (χ1v) is 18.9. The summed E-state index contributed by atoms with van der Waals surface area (Å²) in [5, 5.41) is 0. The van der Waals surface area contributed by atoms with E-state index in [1.54, 1.807) is 0 Å². The van der Waals surface area contributed by atoms with E-state index in [2.05, 4.69) is 193 Å². The van der Waals surface area contributed by atoms with E-state index in [4.69, 9.17) is 0 Å². The first-order valence-electron chi connectivity index (χ1n) is 18.1. The second-order valence-corrected chi connectivity index (χ2v) is 14.9. The summed E-state index contributed by atoms with van der Waals surface area (Å²) in [5.41, 5.74) is 20.4. The number of aryl methyl sites for hydroxylation is 1. The van der Waals surface area contributed by atoms with Crippen molar-refractivity contribution in [3.05, 3.63) is 230 Å². The van der Waals surface area contributed by atoms with Crippen LogP contribution in [0.25, 0.3) is 27.9 Å². The first-order chi connectivity index (χ1) is 25.2. The lowest BCUT2D eigenvalue weighted by Gasteiger charge is -2.44. The molecule has 0 N–H and O–H groups in total. The van der Waals surface area contributed by atoms with Crippen LogP contribution < -0.4 is 0 Å². The van der Waals surface area contributed by atoms with Crippen LogP contribution in [0.4, 0.5) is 0 Å². The number of allylic oxidation sites excluding steroid dienone is 14. The average molecular weight is 720 g/mol. The van der Waals surface area contributed by atoms with Gasteiger partial charge in [0.2, 0.25) is 0 Å². The van der Waals surface area contributed by atoms with Crippen molar-refractivity contribution in [1.29, 1.82) is 0 Å². The molecule has 4 aliphatic carbocycles. The molecule has 4 aliphatic rings. The number of hydrogen-bond donors (Lipinski definition) is 0. The van der Waals surface area contributed by atoms with Crippen molar-refractivity contribution in [2.45, 2.75) is 32.1 Å². The number of hydrogen-bond acceptors (Lipinski definition) is 0. The molecule has 51 heavy (non-hydrogen) atoms. The van der Waals surface area contributed by atoms with Crippen LogP contribution >= 0.6 is 15.9 Å². The molecule has 0 saturated carbocycles. The Morgan fingerprint density at radius 1 is 0.588 bits per heavy atom. The van der Waals surface area contributed by atoms with E-state index in [1.165, 1.54) is 83.5 Å². The van der Waals surface area contributed by atoms with Crippen molar-refractivity contribution >= 4 is 43.8 Å². The molecule has 0 heterocycles. The maximum absolute atomic E-state index is 3.87. The topological polar surface area (TPSA) is 0 Å². The fourth-order valence-electron chi connectivity index (χ4n) is 8.89. The molecule has 5 aromatic carbocycles. The fraction of sp³-hybridized carbons (Fsp3) is 0.120. The molecule has 9 rings (SSSR count). The molecular weight excluding hydrogens is 680 g/mol. The summed E-state index contributed by atoms with van der Waals surface area (Å²) < 4.78 is 1.14. The van der Waals surface area contributed by atoms with Gasteiger partial charge in [-0.1, -0.05) is 185 Å². The van der Waals surface area contributed by atoms with Gasteiger partial charge in [-0.05, 0) is 111 Å². The second-order valence-electron chi connectivity index (χ2n) is 14.0. The quantitative estimate of drug-likeness (QED) is 0.170. The highest BCUT2D eigenvalue weighted by Crippen LogP contribution is 2.60. The Labute approximate surface area is 310 Å². The Morgan fingerprint density at radius 2 is 1.22 bits per heavy atom. The van der Waals surface area contributed by atoms with Gasteiger partial charge in [0, 0.05) is 16.3 Å². The Hall–Kier alpha value is -5.24. The highest BCUT2D eigenvalue weighted by molar-refractivity contribution is 9.11. The number of halogens is 1. The van der Waals surface area contributed by atoms with Crippen molar-refractivity contribution in [3.63, 3.8) is 0 Å². The molecule has 0 nitrogen and oxygen atoms in total. The highest BCUT2D eigenvalue weighted by atomic mass is 79.9. The molecule has 0 amide bonds. The zero-order valence-corrected chi connectivity index (χ0v) is 30.4. The van der Waals surface area contributed by atoms with E-state index in [9.17, 15) is 0 Å². The zero-order chi connectivity index (χ0) is 34.3. The van der Waals surface area contributed by atoms with Crippen molar-refractivity contribution in [2.24, 2.45) is 5.92 Å². The summed E-state index contributed by atoms with van der Waals surface area (Å²) in [6, 6.07) is 51.7. The smallest absolute Gasteiger partial charge is 0.0209 e. The Kier molecular flexibility index (Phi) is 8.38. The third-order valence-electron chi connectivity index (χ3n) is 11.0. The normalized spacial score (nSPS) is 19.8. The molecule has 0 saturated heterocycles. The van der Waals surface area contributed by atoms with Crippen molar-refractivity contribution in [3.8, 4) is 0 Å². The van der Waals surface area contributed by atoms with E-state index < -0.39 is 0 Å². The van der Waals surface area contributed by atoms with Crippen LogP contribution in [0.5, 0.6) is 0 Å². The van der Waals surface area contributed by atoms with Crippen LogP contribution in [0.3, 0.4) is 0 Å². The van der Waals surface area contributed by atoms with Gasteiger partial charge < -0.3 is 0 Å². The van der Waals surface area contributed by atoms with Gasteiger partial charge in [0.25, 0.3) is 0 Å². The van der Waals surface area contributed by atoms with Gasteiger partial charge in [-0.2, -0.15) is 0 Å². The maximum Gasteiger partial charge on any atom is 0.0209 e. The Bertz CT molecular complexity index is 2360. The molecule has 0 fully saturated rings. The largest absolute Gasteiger partial charge is 0.0757 e. The van der Waals surface area contributed by atoms with Gasteiger partial charge in [0.1, 0.15) is 0 Å². The lowest BCUT2D eigenvalue weighted by Crippen LogP contribution is -2.28. The van der Waals surface area contributed by atoms with Crippen molar-refractivity contribution in [2.75, 3.05) is 0 Å². The number of rotatable bonds is 5. The van der Waals surface area contributed by atoms with Crippen LogP contribution in [-0.2, 0) is 0 Å². The predicted octanol–water partition coefficient (Wildman–Crippen LogP) is 13.6. The number of fused-ring (bicyclic) bond motifs is 5. The van der Waals surface area contributed by atoms with E-state index in [0.717, 1.165) is 23.7 Å². The third-order valence-corrected chi connectivity index (χ3v) is 11.6. The minimum Gasteiger partial charge on any atom is -0.0757 e. The average Bonchev–Trinajstić information content (AvgIpc) is 3.39. The molecule has 0 spiro atoms. The van der Waals surface area contributed by atoms with Crippen LogP contribution in [0.1, 0.15) is 64.1 Å². The predicted molar refractivity (Wildman–Crippen MR) is 220 cm³/mol. The molecular formula is C50H39Br. The van der Waals surface area contributed by atoms with Gasteiger partial charge in [-0.25, -0.2) is 0 Å². The summed E-state index contributed by atoms with van der Waals surface area (Å²) in [6.07, 6.45) is 14.9. The van der Waals surface area contributed by atoms with Gasteiger partial charge in [-0.3, -0.25) is 0 Å². The summed E-state index contributed by atoms with van der Waals surface area (Å²) in [5.74, 6) is 0.328. The van der Waals surface area contributed by atoms with Gasteiger partial charge >= 0.3 is 0 Å². The number of benzene rings is 5. The van der Waals surface area contributed by atoms with E-state index in [0.29, 0.717) is 0 Å². The van der Waals surface area contributed by atoms with Gasteiger partial charge in [-0.15, -0.1) is 0 Å². The van der Waals surface area contributed by atoms with Crippen LogP contribution in [0.2, 0.25) is 0 Å². The van der Waals surface area contributed by atoms with Crippen molar-refractivity contribution in [1.82, 2.24) is 0 Å². The SMILES string of the molecule is Cc1ccc2c(c1)C1C(c3ccccc3)=CC(C3=C(c4ccccc4)C(c4ccccc4)=CCC3)=C(c3ccccc3)C1C1=C2C=CC(Br)=CC1. The molecule has 0 radical (unpaired) electrons. The molecule has 0 aliphatic heterocycles. The molecule has 5 aromatic rings. The molecule has 2 atom stereocenters. The minimum absolute atomic E-state index is 0.154. The lowest BCUT2D eigenvalue weighted by molar-refractivity contribution is 0.666. The van der Waals surface area contributed by atoms with Crippen molar-refractivity contribution < 1.29 is 0 Å². The minimum atomic E-state index is 0.154. The van der Waals surface area contributed by atoms with E-state index >= 15 is 0 Å². The molecule has 0 aromatic heterocycles. The fourth-order valence-corrected chi connectivity index (χ4v) is 9.18. The summed E-state index contributed by atoms with van der Waals surface area (Å²) in [6.45, 7) is 2.24. The molecule has 0 bridgehead atoms. The van der Waals surface area contributed by atoms with E-state index in [1.807, 2.05) is 0 Å². The Balaban J connectivity index is 1.43. The van der Waals surface area contributed by atoms with Crippen LogP contribution in [0.15, 0.2) is 191 Å². The molecule has 2 unspecified atom stereocenters. The second kappa shape index (κ2) is 13.5. The maximum atomic E-state index is 3.87.